The highest BCUT2D eigenvalue weighted by molar-refractivity contribution is 7.10. The molecule has 0 N–H and O–H groups in total. The second-order valence-corrected chi connectivity index (χ2v) is 7.59. The molecule has 0 saturated carbocycles. The molecule has 0 bridgehead atoms. The first-order chi connectivity index (χ1) is 12.7. The molecule has 3 nitrogen and oxygen atoms in total. The number of thiophene rings is 1. The van der Waals surface area contributed by atoms with Crippen LogP contribution in [0.1, 0.15) is 38.0 Å². The van der Waals surface area contributed by atoms with Crippen LogP contribution in [0.3, 0.4) is 0 Å². The molecule has 0 radical (unpaired) electrons. The lowest BCUT2D eigenvalue weighted by atomic mass is 9.92. The van der Waals surface area contributed by atoms with E-state index in [1.165, 1.54) is 16.0 Å². The van der Waals surface area contributed by atoms with Crippen LogP contribution in [-0.4, -0.2) is 24.5 Å². The number of fused-ring (bicyclic) bond motifs is 1. The highest BCUT2D eigenvalue weighted by Crippen LogP contribution is 2.38. The molecule has 0 saturated heterocycles. The van der Waals surface area contributed by atoms with Gasteiger partial charge in [0.2, 0.25) is 0 Å². The van der Waals surface area contributed by atoms with Gasteiger partial charge in [-0.2, -0.15) is 0 Å². The second kappa shape index (κ2) is 6.96. The molecule has 4 rings (SSSR count). The van der Waals surface area contributed by atoms with Gasteiger partial charge >= 0.3 is 0 Å². The van der Waals surface area contributed by atoms with Crippen molar-refractivity contribution in [3.05, 3.63) is 87.1 Å². The summed E-state index contributed by atoms with van der Waals surface area (Å²) < 4.78 is 5.29. The van der Waals surface area contributed by atoms with E-state index >= 15 is 0 Å². The summed E-state index contributed by atoms with van der Waals surface area (Å²) in [6, 6.07) is 18.0. The first kappa shape index (κ1) is 16.9. The summed E-state index contributed by atoms with van der Waals surface area (Å²) in [5.41, 5.74) is 4.30. The summed E-state index contributed by atoms with van der Waals surface area (Å²) >= 11 is 1.78. The Morgan fingerprint density at radius 1 is 1.15 bits per heavy atom. The molecule has 2 heterocycles. The minimum atomic E-state index is -0.0377. The number of benzene rings is 2. The Hall–Kier alpha value is -2.59. The van der Waals surface area contributed by atoms with Gasteiger partial charge in [0.1, 0.15) is 5.75 Å². The second-order valence-electron chi connectivity index (χ2n) is 6.59. The maximum atomic E-state index is 13.3. The van der Waals surface area contributed by atoms with E-state index < -0.39 is 0 Å². The Kier molecular flexibility index (Phi) is 4.51. The third-order valence-electron chi connectivity index (χ3n) is 4.94. The lowest BCUT2D eigenvalue weighted by Gasteiger charge is -2.36. The quantitative estimate of drug-likeness (QED) is 0.665. The lowest BCUT2D eigenvalue weighted by molar-refractivity contribution is 0.0695. The molecular formula is C22H21NO2S. The molecule has 4 heteroatoms. The van der Waals surface area contributed by atoms with Crippen LogP contribution in [0.15, 0.2) is 60.0 Å². The number of methoxy groups -OCH3 is 1. The molecule has 2 aromatic carbocycles. The van der Waals surface area contributed by atoms with Gasteiger partial charge in [-0.15, -0.1) is 11.3 Å². The molecule has 1 aliphatic heterocycles. The van der Waals surface area contributed by atoms with E-state index in [9.17, 15) is 4.79 Å². The average Bonchev–Trinajstić information content (AvgIpc) is 3.16. The Morgan fingerprint density at radius 3 is 2.73 bits per heavy atom. The standard InChI is InChI=1S/C22H21NO2S/c1-15-6-8-16(9-7-15)21-19-11-13-26-20(19)10-12-23(21)22(24)17-4-3-5-18(14-17)25-2/h3-9,11,13-14,21H,10,12H2,1-2H3/t21-/m0/s1. The van der Waals surface area contributed by atoms with Crippen molar-refractivity contribution >= 4 is 17.2 Å². The molecule has 0 fully saturated rings. The molecule has 0 aliphatic carbocycles. The number of amides is 1. The predicted octanol–water partition coefficient (Wildman–Crippen LogP) is 4.85. The molecule has 0 unspecified atom stereocenters. The maximum absolute atomic E-state index is 13.3. The Bertz CT molecular complexity index is 929. The van der Waals surface area contributed by atoms with E-state index in [4.69, 9.17) is 4.74 Å². The minimum absolute atomic E-state index is 0.0377. The number of nitrogens with zero attached hydrogens (tertiary/aromatic N) is 1. The fraction of sp³-hybridized carbons (Fsp3) is 0.227. The molecule has 3 aromatic rings. The fourth-order valence-corrected chi connectivity index (χ4v) is 4.47. The van der Waals surface area contributed by atoms with Crippen molar-refractivity contribution in [2.24, 2.45) is 0 Å². The van der Waals surface area contributed by atoms with E-state index in [0.717, 1.165) is 18.5 Å². The topological polar surface area (TPSA) is 29.5 Å². The van der Waals surface area contributed by atoms with Crippen LogP contribution >= 0.6 is 11.3 Å². The maximum Gasteiger partial charge on any atom is 0.254 e. The lowest BCUT2D eigenvalue weighted by Crippen LogP contribution is -2.40. The zero-order valence-electron chi connectivity index (χ0n) is 14.9. The summed E-state index contributed by atoms with van der Waals surface area (Å²) in [6.07, 6.45) is 0.908. The zero-order chi connectivity index (χ0) is 18.1. The van der Waals surface area contributed by atoms with Crippen molar-refractivity contribution in [2.45, 2.75) is 19.4 Å². The number of aryl methyl sites for hydroxylation is 1. The van der Waals surface area contributed by atoms with Crippen molar-refractivity contribution < 1.29 is 9.53 Å². The molecule has 26 heavy (non-hydrogen) atoms. The number of ether oxygens (including phenoxy) is 1. The fourth-order valence-electron chi connectivity index (χ4n) is 3.57. The van der Waals surface area contributed by atoms with E-state index in [1.54, 1.807) is 18.4 Å². The van der Waals surface area contributed by atoms with Crippen LogP contribution in [0.2, 0.25) is 0 Å². The van der Waals surface area contributed by atoms with Crippen molar-refractivity contribution in [1.82, 2.24) is 4.90 Å². The van der Waals surface area contributed by atoms with E-state index in [1.807, 2.05) is 29.2 Å². The number of hydrogen-bond donors (Lipinski definition) is 0. The summed E-state index contributed by atoms with van der Waals surface area (Å²) in [5.74, 6) is 0.752. The van der Waals surface area contributed by atoms with E-state index in [-0.39, 0.29) is 11.9 Å². The molecule has 1 atom stereocenters. The van der Waals surface area contributed by atoms with Crippen LogP contribution in [0.25, 0.3) is 0 Å². The average molecular weight is 363 g/mol. The molecular weight excluding hydrogens is 342 g/mol. The van der Waals surface area contributed by atoms with Crippen LogP contribution in [0.5, 0.6) is 5.75 Å². The Morgan fingerprint density at radius 2 is 1.96 bits per heavy atom. The SMILES string of the molecule is COc1cccc(C(=O)N2CCc3sccc3[C@@H]2c2ccc(C)cc2)c1. The van der Waals surface area contributed by atoms with Crippen LogP contribution in [0.4, 0.5) is 0 Å². The normalized spacial score (nSPS) is 16.2. The highest BCUT2D eigenvalue weighted by Gasteiger charge is 2.33. The van der Waals surface area contributed by atoms with E-state index in [0.29, 0.717) is 11.3 Å². The van der Waals surface area contributed by atoms with Gasteiger partial charge in [-0.1, -0.05) is 35.9 Å². The molecule has 1 aliphatic rings. The minimum Gasteiger partial charge on any atom is -0.497 e. The molecule has 0 spiro atoms. The van der Waals surface area contributed by atoms with Gasteiger partial charge in [0, 0.05) is 17.0 Å². The predicted molar refractivity (Wildman–Crippen MR) is 105 cm³/mol. The van der Waals surface area contributed by atoms with Gasteiger partial charge in [-0.05, 0) is 54.1 Å². The van der Waals surface area contributed by atoms with Crippen molar-refractivity contribution in [3.8, 4) is 5.75 Å². The largest absolute Gasteiger partial charge is 0.497 e. The number of rotatable bonds is 3. The van der Waals surface area contributed by atoms with Crippen molar-refractivity contribution in [2.75, 3.05) is 13.7 Å². The summed E-state index contributed by atoms with van der Waals surface area (Å²) in [6.45, 7) is 2.81. The van der Waals surface area contributed by atoms with Gasteiger partial charge < -0.3 is 9.64 Å². The first-order valence-corrected chi connectivity index (χ1v) is 9.63. The van der Waals surface area contributed by atoms with Gasteiger partial charge in [0.25, 0.3) is 5.91 Å². The number of hydrogen-bond acceptors (Lipinski definition) is 3. The van der Waals surface area contributed by atoms with Gasteiger partial charge in [0.05, 0.1) is 13.2 Å². The smallest absolute Gasteiger partial charge is 0.254 e. The Balaban J connectivity index is 1.76. The van der Waals surface area contributed by atoms with Crippen LogP contribution in [0, 0.1) is 6.92 Å². The highest BCUT2D eigenvalue weighted by atomic mass is 32.1. The first-order valence-electron chi connectivity index (χ1n) is 8.75. The monoisotopic (exact) mass is 363 g/mol. The third-order valence-corrected chi connectivity index (χ3v) is 5.93. The number of carbonyl (C=O) groups excluding carboxylic acids is 1. The number of carbonyl (C=O) groups is 1. The summed E-state index contributed by atoms with van der Waals surface area (Å²) in [5, 5.41) is 2.13. The van der Waals surface area contributed by atoms with E-state index in [2.05, 4.69) is 42.6 Å². The van der Waals surface area contributed by atoms with Crippen molar-refractivity contribution in [3.63, 3.8) is 0 Å². The third kappa shape index (κ3) is 3.01. The Labute approximate surface area is 157 Å². The zero-order valence-corrected chi connectivity index (χ0v) is 15.8. The molecule has 132 valence electrons. The van der Waals surface area contributed by atoms with Crippen molar-refractivity contribution in [1.29, 1.82) is 0 Å². The molecule has 1 aromatic heterocycles. The van der Waals surface area contributed by atoms with Gasteiger partial charge in [0.15, 0.2) is 0 Å². The summed E-state index contributed by atoms with van der Waals surface area (Å²) in [7, 11) is 1.62. The molecule has 1 amide bonds. The van der Waals surface area contributed by atoms with Crippen LogP contribution < -0.4 is 4.74 Å². The van der Waals surface area contributed by atoms with Gasteiger partial charge in [-0.3, -0.25) is 4.79 Å². The van der Waals surface area contributed by atoms with Gasteiger partial charge in [-0.25, -0.2) is 0 Å². The van der Waals surface area contributed by atoms with Crippen LogP contribution in [-0.2, 0) is 6.42 Å². The summed E-state index contributed by atoms with van der Waals surface area (Å²) in [4.78, 5) is 16.7.